The first-order valence-corrected chi connectivity index (χ1v) is 10.9. The minimum atomic E-state index is -1.04. The summed E-state index contributed by atoms with van der Waals surface area (Å²) in [6.07, 6.45) is 2.28. The molecule has 0 aliphatic rings. The summed E-state index contributed by atoms with van der Waals surface area (Å²) in [5, 5.41) is 17.5. The molecule has 0 radical (unpaired) electrons. The van der Waals surface area contributed by atoms with Gasteiger partial charge in [0.15, 0.2) is 0 Å². The molecule has 0 fully saturated rings. The predicted octanol–water partition coefficient (Wildman–Crippen LogP) is 3.43. The molecule has 2 aromatic carbocycles. The van der Waals surface area contributed by atoms with E-state index in [1.54, 1.807) is 24.5 Å². The molecule has 174 valence electrons. The van der Waals surface area contributed by atoms with Crippen LogP contribution in [0.5, 0.6) is 0 Å². The van der Waals surface area contributed by atoms with E-state index in [0.717, 1.165) is 27.6 Å². The van der Waals surface area contributed by atoms with Crippen LogP contribution in [0.25, 0.3) is 44.5 Å². The third-order valence-electron chi connectivity index (χ3n) is 5.75. The third kappa shape index (κ3) is 4.38. The number of aliphatic hydroxyl groups excluding tert-OH is 1. The van der Waals surface area contributed by atoms with Gasteiger partial charge in [-0.25, -0.2) is 10.4 Å². The van der Waals surface area contributed by atoms with Crippen LogP contribution in [0.1, 0.15) is 22.3 Å². The quantitative estimate of drug-likeness (QED) is 0.170. The zero-order valence-corrected chi connectivity index (χ0v) is 18.8. The number of carbonyl (C=O) groups is 1. The van der Waals surface area contributed by atoms with Crippen molar-refractivity contribution < 1.29 is 14.4 Å². The van der Waals surface area contributed by atoms with Crippen molar-refractivity contribution in [1.82, 2.24) is 25.9 Å². The Balaban J connectivity index is 1.42. The molecule has 1 atom stereocenters. The Bertz CT molecular complexity index is 1500. The molecule has 35 heavy (non-hydrogen) atoms. The molecule has 0 spiro atoms. The van der Waals surface area contributed by atoms with Gasteiger partial charge in [-0.05, 0) is 23.3 Å². The van der Waals surface area contributed by atoms with Gasteiger partial charge < -0.3 is 14.9 Å². The highest BCUT2D eigenvalue weighted by Crippen LogP contribution is 2.30. The zero-order valence-electron chi connectivity index (χ0n) is 18.8. The molecule has 0 bridgehead atoms. The number of fused-ring (bicyclic) bond motifs is 1. The lowest BCUT2D eigenvalue weighted by Gasteiger charge is -2.14. The van der Waals surface area contributed by atoms with Crippen molar-refractivity contribution in [2.75, 3.05) is 7.05 Å². The Morgan fingerprint density at radius 2 is 1.57 bits per heavy atom. The summed E-state index contributed by atoms with van der Waals surface area (Å²) in [6, 6.07) is 21.1. The molecule has 5 N–H and O–H groups in total. The second-order valence-corrected chi connectivity index (χ2v) is 7.87. The van der Waals surface area contributed by atoms with Gasteiger partial charge >= 0.3 is 0 Å². The number of amides is 1. The number of hydrogen-bond donors (Lipinski definition) is 4. The number of benzene rings is 2. The molecule has 0 saturated carbocycles. The Labute approximate surface area is 200 Å². The number of nitrogens with one attached hydrogen (secondary N) is 2. The first kappa shape index (κ1) is 22.4. The molecular formula is C26H22N6O3. The first-order valence-electron chi connectivity index (χ1n) is 10.9. The van der Waals surface area contributed by atoms with Crippen molar-refractivity contribution in [2.24, 2.45) is 5.84 Å². The van der Waals surface area contributed by atoms with Crippen molar-refractivity contribution in [1.29, 1.82) is 0 Å². The zero-order chi connectivity index (χ0) is 24.4. The van der Waals surface area contributed by atoms with E-state index in [1.807, 2.05) is 54.6 Å². The number of nitrogens with two attached hydrogens (primary N) is 1. The van der Waals surface area contributed by atoms with Gasteiger partial charge in [0.2, 0.25) is 5.76 Å². The van der Waals surface area contributed by atoms with Gasteiger partial charge in [-0.2, -0.15) is 0 Å². The van der Waals surface area contributed by atoms with Crippen LogP contribution in [0.15, 0.2) is 83.6 Å². The van der Waals surface area contributed by atoms with Crippen LogP contribution in [-0.4, -0.2) is 33.2 Å². The van der Waals surface area contributed by atoms with Crippen LogP contribution in [-0.2, 0) is 0 Å². The molecule has 9 heteroatoms. The van der Waals surface area contributed by atoms with Crippen molar-refractivity contribution in [3.63, 3.8) is 0 Å². The lowest BCUT2D eigenvalue weighted by Crippen LogP contribution is -2.27. The Kier molecular flexibility index (Phi) is 6.02. The van der Waals surface area contributed by atoms with Crippen molar-refractivity contribution in [3.05, 3.63) is 90.4 Å². The van der Waals surface area contributed by atoms with Crippen LogP contribution >= 0.6 is 0 Å². The highest BCUT2D eigenvalue weighted by atomic mass is 16.5. The lowest BCUT2D eigenvalue weighted by atomic mass is 9.99. The summed E-state index contributed by atoms with van der Waals surface area (Å²) in [7, 11) is 1.54. The molecular weight excluding hydrogens is 444 g/mol. The van der Waals surface area contributed by atoms with E-state index in [-0.39, 0.29) is 11.7 Å². The monoisotopic (exact) mass is 466 g/mol. The molecule has 1 amide bonds. The van der Waals surface area contributed by atoms with Gasteiger partial charge in [-0.3, -0.25) is 15.6 Å². The maximum absolute atomic E-state index is 11.7. The number of carbonyl (C=O) groups excluding carboxylic acids is 1. The summed E-state index contributed by atoms with van der Waals surface area (Å²) >= 11 is 0. The Morgan fingerprint density at radius 1 is 0.943 bits per heavy atom. The van der Waals surface area contributed by atoms with E-state index in [9.17, 15) is 9.90 Å². The topological polar surface area (TPSA) is 139 Å². The van der Waals surface area contributed by atoms with Crippen molar-refractivity contribution >= 4 is 16.8 Å². The number of nitrogens with zero attached hydrogens (tertiary/aromatic N) is 3. The van der Waals surface area contributed by atoms with Gasteiger partial charge in [0.25, 0.3) is 5.91 Å². The van der Waals surface area contributed by atoms with E-state index in [4.69, 9.17) is 15.3 Å². The molecule has 3 heterocycles. The third-order valence-corrected chi connectivity index (χ3v) is 5.75. The van der Waals surface area contributed by atoms with Crippen LogP contribution in [0.4, 0.5) is 0 Å². The SMILES string of the molecule is CNC(=O)c1cc(-c2ccc(-c3ccc(-c4cc(C(O)NN)c5cnccc5n4)cc3)cc2)no1. The Morgan fingerprint density at radius 3 is 2.20 bits per heavy atom. The summed E-state index contributed by atoms with van der Waals surface area (Å²) in [5.74, 6) is 5.31. The first-order chi connectivity index (χ1) is 17.1. The smallest absolute Gasteiger partial charge is 0.289 e. The van der Waals surface area contributed by atoms with E-state index in [0.29, 0.717) is 22.5 Å². The van der Waals surface area contributed by atoms with Gasteiger partial charge in [0, 0.05) is 47.6 Å². The van der Waals surface area contributed by atoms with Crippen LogP contribution in [0.3, 0.4) is 0 Å². The lowest BCUT2D eigenvalue weighted by molar-refractivity contribution is 0.0926. The van der Waals surface area contributed by atoms with Crippen LogP contribution < -0.4 is 16.6 Å². The number of aliphatic hydroxyl groups is 1. The average Bonchev–Trinajstić information content (AvgIpc) is 3.42. The van der Waals surface area contributed by atoms with E-state index >= 15 is 0 Å². The fraction of sp³-hybridized carbons (Fsp3) is 0.0769. The highest BCUT2D eigenvalue weighted by Gasteiger charge is 2.15. The highest BCUT2D eigenvalue weighted by molar-refractivity contribution is 5.92. The molecule has 5 aromatic rings. The second-order valence-electron chi connectivity index (χ2n) is 7.87. The number of pyridine rings is 2. The number of hydrogen-bond acceptors (Lipinski definition) is 8. The van der Waals surface area contributed by atoms with Crippen LogP contribution in [0.2, 0.25) is 0 Å². The molecule has 3 aromatic heterocycles. The largest absolute Gasteiger partial charge is 0.373 e. The molecule has 9 nitrogen and oxygen atoms in total. The number of rotatable bonds is 6. The molecule has 0 saturated heterocycles. The maximum Gasteiger partial charge on any atom is 0.289 e. The van der Waals surface area contributed by atoms with Crippen molar-refractivity contribution in [2.45, 2.75) is 6.23 Å². The van der Waals surface area contributed by atoms with Gasteiger partial charge in [0.1, 0.15) is 11.9 Å². The standard InChI is InChI=1S/C26H22N6O3/c1-28-26(34)24-13-23(32-35-24)18-8-4-16(5-9-18)15-2-6-17(7-3-15)22-12-19(25(33)31-27)20-14-29-11-10-21(20)30-22/h2-14,25,31,33H,27H2,1H3,(H,28,34). The number of hydrazine groups is 1. The van der Waals surface area contributed by atoms with E-state index in [2.05, 4.69) is 20.9 Å². The summed E-state index contributed by atoms with van der Waals surface area (Å²) in [6.45, 7) is 0. The second kappa shape index (κ2) is 9.43. The minimum absolute atomic E-state index is 0.165. The van der Waals surface area contributed by atoms with E-state index < -0.39 is 6.23 Å². The number of aromatic nitrogens is 3. The average molecular weight is 467 g/mol. The summed E-state index contributed by atoms with van der Waals surface area (Å²) < 4.78 is 5.10. The molecule has 5 rings (SSSR count). The molecule has 0 aliphatic carbocycles. The molecule has 0 aliphatic heterocycles. The predicted molar refractivity (Wildman–Crippen MR) is 132 cm³/mol. The summed E-state index contributed by atoms with van der Waals surface area (Å²) in [5.41, 5.74) is 8.81. The van der Waals surface area contributed by atoms with Crippen LogP contribution in [0, 0.1) is 0 Å². The Hall–Kier alpha value is -4.44. The van der Waals surface area contributed by atoms with Gasteiger partial charge in [-0.15, -0.1) is 0 Å². The fourth-order valence-corrected chi connectivity index (χ4v) is 3.87. The van der Waals surface area contributed by atoms with Gasteiger partial charge in [-0.1, -0.05) is 53.7 Å². The normalized spacial score (nSPS) is 12.0. The minimum Gasteiger partial charge on any atom is -0.373 e. The summed E-state index contributed by atoms with van der Waals surface area (Å²) in [4.78, 5) is 20.5. The molecule has 1 unspecified atom stereocenters. The van der Waals surface area contributed by atoms with Gasteiger partial charge in [0.05, 0.1) is 11.2 Å². The van der Waals surface area contributed by atoms with E-state index in [1.165, 1.54) is 7.05 Å². The maximum atomic E-state index is 11.7. The van der Waals surface area contributed by atoms with Crippen molar-refractivity contribution in [3.8, 4) is 33.6 Å². The fourth-order valence-electron chi connectivity index (χ4n) is 3.87.